The second-order valence-electron chi connectivity index (χ2n) is 8.66. The molecule has 0 unspecified atom stereocenters. The number of halogens is 1. The first-order valence-electron chi connectivity index (χ1n) is 9.60. The van der Waals surface area contributed by atoms with Crippen molar-refractivity contribution in [1.82, 2.24) is 0 Å². The van der Waals surface area contributed by atoms with E-state index in [-0.39, 0.29) is 4.87 Å². The van der Waals surface area contributed by atoms with Crippen molar-refractivity contribution in [1.29, 1.82) is 0 Å². The Bertz CT molecular complexity index is 272. The molecule has 0 aromatic heterocycles. The van der Waals surface area contributed by atoms with Crippen LogP contribution in [0.1, 0.15) is 111 Å². The molecule has 0 bridgehead atoms. The summed E-state index contributed by atoms with van der Waals surface area (Å²) in [7, 11) is 0. The number of rotatable bonds is 2. The van der Waals surface area contributed by atoms with Crippen molar-refractivity contribution in [3.05, 3.63) is 0 Å². The molecule has 0 atom stereocenters. The van der Waals surface area contributed by atoms with E-state index in [2.05, 4.69) is 20.8 Å². The van der Waals surface area contributed by atoms with Crippen molar-refractivity contribution in [2.24, 2.45) is 10.8 Å². The quantitative estimate of drug-likeness (QED) is 0.463. The van der Waals surface area contributed by atoms with Crippen LogP contribution in [0.4, 0.5) is 0 Å². The van der Waals surface area contributed by atoms with Crippen LogP contribution in [0.2, 0.25) is 0 Å². The van der Waals surface area contributed by atoms with Crippen LogP contribution in [-0.4, -0.2) is 4.87 Å². The molecule has 0 radical (unpaired) electrons. The van der Waals surface area contributed by atoms with Gasteiger partial charge < -0.3 is 0 Å². The Morgan fingerprint density at radius 3 is 1.10 bits per heavy atom. The summed E-state index contributed by atoms with van der Waals surface area (Å²) in [4.78, 5) is -0.0469. The third-order valence-corrected chi connectivity index (χ3v) is 8.09. The fourth-order valence-corrected chi connectivity index (χ4v) is 5.42. The van der Waals surface area contributed by atoms with Gasteiger partial charge in [0.1, 0.15) is 0 Å². The molecule has 0 N–H and O–H groups in total. The summed E-state index contributed by atoms with van der Waals surface area (Å²) in [6, 6.07) is 0. The van der Waals surface area contributed by atoms with Gasteiger partial charge in [-0.05, 0) is 43.4 Å². The van der Waals surface area contributed by atoms with E-state index < -0.39 is 0 Å². The van der Waals surface area contributed by atoms with Gasteiger partial charge in [0.15, 0.2) is 0 Å². The highest BCUT2D eigenvalue weighted by Gasteiger charge is 2.53. The minimum Gasteiger partial charge on any atom is -0.118 e. The van der Waals surface area contributed by atoms with Crippen LogP contribution in [0.25, 0.3) is 0 Å². The van der Waals surface area contributed by atoms with Gasteiger partial charge in [0.25, 0.3) is 0 Å². The Hall–Kier alpha value is 0.290. The summed E-state index contributed by atoms with van der Waals surface area (Å²) in [6.45, 7) is 7.42. The van der Waals surface area contributed by atoms with Crippen molar-refractivity contribution in [2.45, 2.75) is 116 Å². The predicted molar refractivity (Wildman–Crippen MR) is 95.1 cm³/mol. The fourth-order valence-electron chi connectivity index (χ4n) is 5.04. The molecule has 0 spiro atoms. The molecule has 2 aliphatic rings. The smallest absolute Gasteiger partial charge is 0.0525 e. The van der Waals surface area contributed by atoms with Crippen molar-refractivity contribution >= 4 is 11.6 Å². The minimum absolute atomic E-state index is 0.0469. The summed E-state index contributed by atoms with van der Waals surface area (Å²) >= 11 is 7.43. The van der Waals surface area contributed by atoms with E-state index in [0.29, 0.717) is 10.8 Å². The molecule has 2 aliphatic carbocycles. The normalized spacial score (nSPS) is 28.0. The first kappa shape index (κ1) is 17.6. The lowest BCUT2D eigenvalue weighted by Crippen LogP contribution is -2.52. The van der Waals surface area contributed by atoms with Gasteiger partial charge in [-0.25, -0.2) is 0 Å². The largest absolute Gasteiger partial charge is 0.118 e. The molecule has 0 aromatic carbocycles. The summed E-state index contributed by atoms with van der Waals surface area (Å²) in [5.74, 6) is 0. The van der Waals surface area contributed by atoms with E-state index in [4.69, 9.17) is 11.6 Å². The molecule has 0 aromatic rings. The van der Waals surface area contributed by atoms with E-state index in [1.807, 2.05) is 0 Å². The Kier molecular flexibility index (Phi) is 6.08. The van der Waals surface area contributed by atoms with Crippen LogP contribution in [0, 0.1) is 10.8 Å². The highest BCUT2D eigenvalue weighted by molar-refractivity contribution is 6.24. The standard InChI is InChI=1S/C20H37Cl/c1-18(14-10-6-4-7-11-15-18)20(3,21)19(2)16-12-8-5-9-13-17-19/h4-17H2,1-3H3. The average Bonchev–Trinajstić information content (AvgIpc) is 2.38. The van der Waals surface area contributed by atoms with E-state index >= 15 is 0 Å². The van der Waals surface area contributed by atoms with Gasteiger partial charge in [-0.1, -0.05) is 78.1 Å². The molecular formula is C20H37Cl. The van der Waals surface area contributed by atoms with Crippen molar-refractivity contribution in [3.63, 3.8) is 0 Å². The Balaban J connectivity index is 2.19. The summed E-state index contributed by atoms with van der Waals surface area (Å²) in [5.41, 5.74) is 0.645. The second-order valence-corrected chi connectivity index (χ2v) is 9.42. The number of hydrogen-bond acceptors (Lipinski definition) is 0. The molecule has 21 heavy (non-hydrogen) atoms. The van der Waals surface area contributed by atoms with Gasteiger partial charge in [0.05, 0.1) is 4.87 Å². The minimum atomic E-state index is -0.0469. The molecule has 0 nitrogen and oxygen atoms in total. The van der Waals surface area contributed by atoms with Crippen LogP contribution in [-0.2, 0) is 0 Å². The van der Waals surface area contributed by atoms with E-state index in [9.17, 15) is 0 Å². The van der Waals surface area contributed by atoms with Gasteiger partial charge in [-0.2, -0.15) is 0 Å². The fraction of sp³-hybridized carbons (Fsp3) is 1.00. The van der Waals surface area contributed by atoms with Crippen LogP contribution in [0.3, 0.4) is 0 Å². The molecule has 124 valence electrons. The Morgan fingerprint density at radius 1 is 0.571 bits per heavy atom. The molecule has 0 amide bonds. The zero-order valence-electron chi connectivity index (χ0n) is 14.8. The van der Waals surface area contributed by atoms with E-state index in [1.54, 1.807) is 0 Å². The van der Waals surface area contributed by atoms with E-state index in [1.165, 1.54) is 89.9 Å². The first-order valence-corrected chi connectivity index (χ1v) is 9.98. The number of hydrogen-bond donors (Lipinski definition) is 0. The van der Waals surface area contributed by atoms with Crippen molar-refractivity contribution < 1.29 is 0 Å². The monoisotopic (exact) mass is 312 g/mol. The lowest BCUT2D eigenvalue weighted by Gasteiger charge is -2.54. The predicted octanol–water partition coefficient (Wildman–Crippen LogP) is 7.49. The molecule has 2 saturated carbocycles. The lowest BCUT2D eigenvalue weighted by molar-refractivity contribution is 0.0421. The van der Waals surface area contributed by atoms with Crippen LogP contribution < -0.4 is 0 Å². The third-order valence-electron chi connectivity index (χ3n) is 7.18. The Labute approximate surface area is 138 Å². The lowest BCUT2D eigenvalue weighted by atomic mass is 9.56. The molecular weight excluding hydrogens is 276 g/mol. The van der Waals surface area contributed by atoms with Crippen LogP contribution in [0.5, 0.6) is 0 Å². The zero-order chi connectivity index (χ0) is 15.4. The maximum absolute atomic E-state index is 7.43. The van der Waals surface area contributed by atoms with E-state index in [0.717, 1.165) is 0 Å². The highest BCUT2D eigenvalue weighted by Crippen LogP contribution is 2.58. The maximum Gasteiger partial charge on any atom is 0.0525 e. The summed E-state index contributed by atoms with van der Waals surface area (Å²) in [6.07, 6.45) is 19.4. The molecule has 0 aliphatic heterocycles. The molecule has 1 heteroatoms. The molecule has 2 fully saturated rings. The van der Waals surface area contributed by atoms with Crippen LogP contribution >= 0.6 is 11.6 Å². The van der Waals surface area contributed by atoms with Crippen molar-refractivity contribution in [3.8, 4) is 0 Å². The van der Waals surface area contributed by atoms with Gasteiger partial charge >= 0.3 is 0 Å². The average molecular weight is 313 g/mol. The topological polar surface area (TPSA) is 0 Å². The Morgan fingerprint density at radius 2 is 0.810 bits per heavy atom. The first-order chi connectivity index (χ1) is 9.91. The maximum atomic E-state index is 7.43. The van der Waals surface area contributed by atoms with Gasteiger partial charge in [-0.3, -0.25) is 0 Å². The molecule has 2 rings (SSSR count). The molecule has 0 saturated heterocycles. The van der Waals surface area contributed by atoms with Gasteiger partial charge in [0.2, 0.25) is 0 Å². The van der Waals surface area contributed by atoms with Crippen molar-refractivity contribution in [2.75, 3.05) is 0 Å². The molecule has 0 heterocycles. The highest BCUT2D eigenvalue weighted by atomic mass is 35.5. The third kappa shape index (κ3) is 3.80. The number of alkyl halides is 1. The van der Waals surface area contributed by atoms with Gasteiger partial charge in [0, 0.05) is 0 Å². The summed E-state index contributed by atoms with van der Waals surface area (Å²) < 4.78 is 0. The SMILES string of the molecule is CC1(C(C)(Cl)C2(C)CCCCCCC2)CCCCCCC1. The van der Waals surface area contributed by atoms with Gasteiger partial charge in [-0.15, -0.1) is 11.6 Å². The van der Waals surface area contributed by atoms with Crippen LogP contribution in [0.15, 0.2) is 0 Å². The summed E-state index contributed by atoms with van der Waals surface area (Å²) in [5, 5.41) is 0. The second kappa shape index (κ2) is 7.24. The zero-order valence-corrected chi connectivity index (χ0v) is 15.5.